The lowest BCUT2D eigenvalue weighted by atomic mass is 10.1. The first-order valence-electron chi connectivity index (χ1n) is 6.15. The van der Waals surface area contributed by atoms with Crippen LogP contribution in [0.5, 0.6) is 0 Å². The van der Waals surface area contributed by atoms with Crippen LogP contribution in [0.4, 0.5) is 0 Å². The van der Waals surface area contributed by atoms with Gasteiger partial charge in [-0.05, 0) is 19.1 Å². The van der Waals surface area contributed by atoms with Crippen LogP contribution in [-0.2, 0) is 4.79 Å². The van der Waals surface area contributed by atoms with Crippen LogP contribution in [0.2, 0.25) is 0 Å². The van der Waals surface area contributed by atoms with E-state index < -0.39 is 29.6 Å². The molecule has 3 N–H and O–H groups in total. The summed E-state index contributed by atoms with van der Waals surface area (Å²) in [5.74, 6) is -2.31. The number of carboxylic acids is 1. The SMILES string of the molecule is CC(O)C(NC(=O)c1cc2ccccc2oc1=O)C(=O)O. The van der Waals surface area contributed by atoms with Crippen molar-refractivity contribution in [2.24, 2.45) is 0 Å². The van der Waals surface area contributed by atoms with Crippen LogP contribution in [0.25, 0.3) is 11.0 Å². The maximum atomic E-state index is 12.0. The number of carbonyl (C=O) groups excluding carboxylic acids is 1. The number of amides is 1. The molecule has 7 heteroatoms. The average Bonchev–Trinajstić information content (AvgIpc) is 2.43. The van der Waals surface area contributed by atoms with E-state index in [2.05, 4.69) is 5.32 Å². The lowest BCUT2D eigenvalue weighted by Gasteiger charge is -2.16. The minimum atomic E-state index is -1.51. The Hall–Kier alpha value is -2.67. The topological polar surface area (TPSA) is 117 Å². The number of aliphatic carboxylic acids is 1. The molecular formula is C14H13NO6. The van der Waals surface area contributed by atoms with Crippen molar-refractivity contribution in [3.8, 4) is 0 Å². The standard InChI is InChI=1S/C14H13NO6/c1-7(16)11(13(18)19)15-12(17)9-6-8-4-2-3-5-10(8)21-14(9)20/h2-7,11,16H,1H3,(H,15,17)(H,18,19). The van der Waals surface area contributed by atoms with E-state index in [0.29, 0.717) is 11.0 Å². The van der Waals surface area contributed by atoms with Gasteiger partial charge in [0.05, 0.1) is 6.10 Å². The summed E-state index contributed by atoms with van der Waals surface area (Å²) in [5, 5.41) is 20.8. The van der Waals surface area contributed by atoms with E-state index in [9.17, 15) is 19.5 Å². The van der Waals surface area contributed by atoms with E-state index in [1.165, 1.54) is 13.0 Å². The summed E-state index contributed by atoms with van der Waals surface area (Å²) in [6, 6.07) is 6.42. The van der Waals surface area contributed by atoms with Crippen LogP contribution in [0.1, 0.15) is 17.3 Å². The van der Waals surface area contributed by atoms with E-state index in [1.807, 2.05) is 0 Å². The highest BCUT2D eigenvalue weighted by molar-refractivity contribution is 5.98. The molecule has 1 amide bonds. The molecule has 1 aromatic carbocycles. The quantitative estimate of drug-likeness (QED) is 0.700. The Labute approximate surface area is 118 Å². The molecule has 0 bridgehead atoms. The van der Waals surface area contributed by atoms with Crippen molar-refractivity contribution in [2.75, 3.05) is 0 Å². The lowest BCUT2D eigenvalue weighted by molar-refractivity contribution is -0.141. The molecule has 0 aliphatic carbocycles. The van der Waals surface area contributed by atoms with Gasteiger partial charge in [0, 0.05) is 5.39 Å². The second-order valence-electron chi connectivity index (χ2n) is 4.52. The molecule has 0 fully saturated rings. The Morgan fingerprint density at radius 3 is 2.57 bits per heavy atom. The molecule has 2 rings (SSSR count). The van der Waals surface area contributed by atoms with Gasteiger partial charge in [-0.15, -0.1) is 0 Å². The third kappa shape index (κ3) is 3.09. The van der Waals surface area contributed by atoms with Crippen LogP contribution in [-0.4, -0.2) is 34.2 Å². The highest BCUT2D eigenvalue weighted by atomic mass is 16.4. The minimum Gasteiger partial charge on any atom is -0.480 e. The molecule has 0 saturated heterocycles. The lowest BCUT2D eigenvalue weighted by Crippen LogP contribution is -2.48. The van der Waals surface area contributed by atoms with E-state index in [4.69, 9.17) is 9.52 Å². The van der Waals surface area contributed by atoms with Crippen LogP contribution in [0, 0.1) is 0 Å². The van der Waals surface area contributed by atoms with E-state index >= 15 is 0 Å². The number of para-hydroxylation sites is 1. The second-order valence-corrected chi connectivity index (χ2v) is 4.52. The summed E-state index contributed by atoms with van der Waals surface area (Å²) in [4.78, 5) is 34.7. The molecule has 2 atom stereocenters. The van der Waals surface area contributed by atoms with Gasteiger partial charge < -0.3 is 19.9 Å². The molecule has 0 aliphatic rings. The Kier molecular flexibility index (Phi) is 4.04. The summed E-state index contributed by atoms with van der Waals surface area (Å²) in [6.45, 7) is 1.22. The fourth-order valence-electron chi connectivity index (χ4n) is 1.83. The number of nitrogens with one attached hydrogen (secondary N) is 1. The molecule has 0 radical (unpaired) electrons. The third-order valence-corrected chi connectivity index (χ3v) is 2.92. The zero-order valence-electron chi connectivity index (χ0n) is 11.1. The van der Waals surface area contributed by atoms with E-state index in [0.717, 1.165) is 0 Å². The normalized spacial score (nSPS) is 13.6. The van der Waals surface area contributed by atoms with Crippen LogP contribution >= 0.6 is 0 Å². The molecule has 1 aromatic heterocycles. The van der Waals surface area contributed by atoms with Gasteiger partial charge in [0.15, 0.2) is 6.04 Å². The first-order valence-corrected chi connectivity index (χ1v) is 6.15. The maximum absolute atomic E-state index is 12.0. The summed E-state index contributed by atoms with van der Waals surface area (Å²) in [5.41, 5.74) is -0.870. The molecule has 110 valence electrons. The first kappa shape index (κ1) is 14.7. The van der Waals surface area contributed by atoms with Crippen molar-refractivity contribution in [1.82, 2.24) is 5.32 Å². The van der Waals surface area contributed by atoms with Gasteiger partial charge in [-0.1, -0.05) is 18.2 Å². The number of fused-ring (bicyclic) bond motifs is 1. The Bertz CT molecular complexity index is 748. The first-order chi connectivity index (χ1) is 9.90. The highest BCUT2D eigenvalue weighted by Crippen LogP contribution is 2.12. The molecule has 0 saturated carbocycles. The van der Waals surface area contributed by atoms with Crippen molar-refractivity contribution >= 4 is 22.8 Å². The maximum Gasteiger partial charge on any atom is 0.349 e. The third-order valence-electron chi connectivity index (χ3n) is 2.92. The van der Waals surface area contributed by atoms with Crippen LogP contribution in [0.15, 0.2) is 39.5 Å². The fourth-order valence-corrected chi connectivity index (χ4v) is 1.83. The predicted octanol–water partition coefficient (Wildman–Crippen LogP) is 0.357. The summed E-state index contributed by atoms with van der Waals surface area (Å²) >= 11 is 0. The molecule has 1 heterocycles. The number of aliphatic hydroxyl groups is 1. The van der Waals surface area contributed by atoms with Crippen LogP contribution in [0.3, 0.4) is 0 Å². The monoisotopic (exact) mass is 291 g/mol. The highest BCUT2D eigenvalue weighted by Gasteiger charge is 2.26. The summed E-state index contributed by atoms with van der Waals surface area (Å²) in [7, 11) is 0. The zero-order chi connectivity index (χ0) is 15.6. The van der Waals surface area contributed by atoms with Gasteiger partial charge in [0.2, 0.25) is 0 Å². The largest absolute Gasteiger partial charge is 0.480 e. The zero-order valence-corrected chi connectivity index (χ0v) is 11.1. The number of carboxylic acid groups (broad SMARTS) is 1. The number of carbonyl (C=O) groups is 2. The second kappa shape index (κ2) is 5.76. The Morgan fingerprint density at radius 1 is 1.29 bits per heavy atom. The number of benzene rings is 1. The molecule has 21 heavy (non-hydrogen) atoms. The number of rotatable bonds is 4. The number of aliphatic hydroxyl groups excluding tert-OH is 1. The minimum absolute atomic E-state index is 0.319. The van der Waals surface area contributed by atoms with E-state index in [-0.39, 0.29) is 5.56 Å². The van der Waals surface area contributed by atoms with Crippen molar-refractivity contribution in [1.29, 1.82) is 0 Å². The molecule has 2 unspecified atom stereocenters. The fraction of sp³-hybridized carbons (Fsp3) is 0.214. The van der Waals surface area contributed by atoms with Gasteiger partial charge in [0.1, 0.15) is 11.1 Å². The van der Waals surface area contributed by atoms with Crippen molar-refractivity contribution in [3.63, 3.8) is 0 Å². The molecule has 2 aromatic rings. The average molecular weight is 291 g/mol. The molecular weight excluding hydrogens is 278 g/mol. The van der Waals surface area contributed by atoms with Crippen LogP contribution < -0.4 is 10.9 Å². The van der Waals surface area contributed by atoms with Crippen molar-refractivity contribution in [2.45, 2.75) is 19.1 Å². The van der Waals surface area contributed by atoms with Gasteiger partial charge in [0.25, 0.3) is 5.91 Å². The Morgan fingerprint density at radius 2 is 1.95 bits per heavy atom. The van der Waals surface area contributed by atoms with Crippen molar-refractivity contribution < 1.29 is 24.2 Å². The van der Waals surface area contributed by atoms with Gasteiger partial charge in [-0.3, -0.25) is 4.79 Å². The number of hydrogen-bond acceptors (Lipinski definition) is 5. The van der Waals surface area contributed by atoms with Gasteiger partial charge in [-0.25, -0.2) is 9.59 Å². The molecule has 0 spiro atoms. The van der Waals surface area contributed by atoms with Gasteiger partial charge in [-0.2, -0.15) is 0 Å². The van der Waals surface area contributed by atoms with Gasteiger partial charge >= 0.3 is 11.6 Å². The smallest absolute Gasteiger partial charge is 0.349 e. The summed E-state index contributed by atoms with van der Waals surface area (Å²) in [6.07, 6.45) is -1.31. The van der Waals surface area contributed by atoms with E-state index in [1.54, 1.807) is 24.3 Å². The number of hydrogen-bond donors (Lipinski definition) is 3. The van der Waals surface area contributed by atoms with Crippen molar-refractivity contribution in [3.05, 3.63) is 46.3 Å². The molecule has 7 nitrogen and oxygen atoms in total. The Balaban J connectivity index is 2.37. The molecule has 0 aliphatic heterocycles. The summed E-state index contributed by atoms with van der Waals surface area (Å²) < 4.78 is 4.99. The predicted molar refractivity (Wildman–Crippen MR) is 73.1 cm³/mol.